The van der Waals surface area contributed by atoms with Crippen LogP contribution in [0.25, 0.3) is 0 Å². The minimum Gasteiger partial charge on any atom is -0.316 e. The van der Waals surface area contributed by atoms with Crippen molar-refractivity contribution in [2.45, 2.75) is 38.6 Å². The third kappa shape index (κ3) is 1.76. The zero-order chi connectivity index (χ0) is 11.8. The maximum Gasteiger partial charge on any atom is 0.0408 e. The van der Waals surface area contributed by atoms with Crippen LogP contribution in [0.3, 0.4) is 0 Å². The van der Waals surface area contributed by atoms with Crippen molar-refractivity contribution in [1.29, 1.82) is 0 Å². The second-order valence-electron chi connectivity index (χ2n) is 5.04. The molecule has 1 aromatic carbocycles. The minimum absolute atomic E-state index is 0.374. The van der Waals surface area contributed by atoms with Gasteiger partial charge in [0.25, 0.3) is 0 Å². The average molecular weight is 238 g/mol. The summed E-state index contributed by atoms with van der Waals surface area (Å²) in [7, 11) is 2.06. The highest BCUT2D eigenvalue weighted by molar-refractivity contribution is 6.30. The van der Waals surface area contributed by atoms with Crippen molar-refractivity contribution in [3.63, 3.8) is 0 Å². The number of hydrogen-bond donors (Lipinski definition) is 1. The zero-order valence-electron chi connectivity index (χ0n) is 10.3. The highest BCUT2D eigenvalue weighted by Crippen LogP contribution is 2.54. The molecule has 1 nitrogen and oxygen atoms in total. The first-order valence-corrected chi connectivity index (χ1v) is 6.42. The second kappa shape index (κ2) is 4.38. The monoisotopic (exact) mass is 237 g/mol. The molecule has 88 valence electrons. The summed E-state index contributed by atoms with van der Waals surface area (Å²) < 4.78 is 0. The van der Waals surface area contributed by atoms with Gasteiger partial charge in [-0.15, -0.1) is 0 Å². The highest BCUT2D eigenvalue weighted by Gasteiger charge is 2.49. The quantitative estimate of drug-likeness (QED) is 0.843. The van der Waals surface area contributed by atoms with E-state index in [1.165, 1.54) is 18.4 Å². The molecule has 0 aromatic heterocycles. The van der Waals surface area contributed by atoms with Crippen molar-refractivity contribution in [3.8, 4) is 0 Å². The second-order valence-corrected chi connectivity index (χ2v) is 5.48. The molecule has 1 aromatic rings. The van der Waals surface area contributed by atoms with E-state index in [9.17, 15) is 0 Å². The van der Waals surface area contributed by atoms with Crippen molar-refractivity contribution in [1.82, 2.24) is 5.32 Å². The Morgan fingerprint density at radius 2 is 2.25 bits per heavy atom. The van der Waals surface area contributed by atoms with Gasteiger partial charge < -0.3 is 5.32 Å². The van der Waals surface area contributed by atoms with Gasteiger partial charge in [-0.05, 0) is 48.9 Å². The highest BCUT2D eigenvalue weighted by atomic mass is 35.5. The maximum atomic E-state index is 6.06. The summed E-state index contributed by atoms with van der Waals surface area (Å²) >= 11 is 6.06. The Bertz CT molecular complexity index is 377. The first kappa shape index (κ1) is 11.9. The van der Waals surface area contributed by atoms with Crippen LogP contribution in [-0.2, 0) is 0 Å². The lowest BCUT2D eigenvalue weighted by Crippen LogP contribution is -2.55. The Morgan fingerprint density at radius 1 is 1.50 bits per heavy atom. The summed E-state index contributed by atoms with van der Waals surface area (Å²) in [5, 5.41) is 4.28. The number of hydrogen-bond acceptors (Lipinski definition) is 1. The Balaban J connectivity index is 2.24. The van der Waals surface area contributed by atoms with Crippen molar-refractivity contribution in [3.05, 3.63) is 34.9 Å². The van der Waals surface area contributed by atoms with E-state index in [1.54, 1.807) is 0 Å². The Hall–Kier alpha value is -0.530. The van der Waals surface area contributed by atoms with Crippen LogP contribution >= 0.6 is 11.6 Å². The van der Waals surface area contributed by atoms with Crippen molar-refractivity contribution in [2.24, 2.45) is 5.41 Å². The van der Waals surface area contributed by atoms with Crippen LogP contribution in [0.1, 0.15) is 38.2 Å². The van der Waals surface area contributed by atoms with E-state index >= 15 is 0 Å². The SMILES string of the molecule is CCC1(C)C(NC)CC1c1cccc(Cl)c1. The van der Waals surface area contributed by atoms with Crippen LogP contribution in [0.5, 0.6) is 0 Å². The van der Waals surface area contributed by atoms with Gasteiger partial charge in [0.2, 0.25) is 0 Å². The van der Waals surface area contributed by atoms with Gasteiger partial charge in [0.05, 0.1) is 0 Å². The Labute approximate surface area is 103 Å². The molecule has 0 heterocycles. The number of halogens is 1. The molecule has 2 rings (SSSR count). The molecule has 2 heteroatoms. The molecule has 3 atom stereocenters. The molecule has 1 fully saturated rings. The maximum absolute atomic E-state index is 6.06. The molecule has 0 saturated heterocycles. The Morgan fingerprint density at radius 3 is 2.81 bits per heavy atom. The van der Waals surface area contributed by atoms with Crippen molar-refractivity contribution in [2.75, 3.05) is 7.05 Å². The van der Waals surface area contributed by atoms with Gasteiger partial charge in [0.1, 0.15) is 0 Å². The molecule has 0 bridgehead atoms. The van der Waals surface area contributed by atoms with E-state index in [-0.39, 0.29) is 0 Å². The predicted molar refractivity (Wildman–Crippen MR) is 70.1 cm³/mol. The fraction of sp³-hybridized carbons (Fsp3) is 0.571. The van der Waals surface area contributed by atoms with Gasteiger partial charge in [0.15, 0.2) is 0 Å². The molecule has 16 heavy (non-hydrogen) atoms. The summed E-state index contributed by atoms with van der Waals surface area (Å²) in [6.07, 6.45) is 2.43. The standard InChI is InChI=1S/C14H20ClN/c1-4-14(2)12(9-13(14)16-3)10-6-5-7-11(15)8-10/h5-8,12-13,16H,4,9H2,1-3H3. The summed E-state index contributed by atoms with van der Waals surface area (Å²) in [5.41, 5.74) is 1.77. The van der Waals surface area contributed by atoms with Crippen LogP contribution in [0.2, 0.25) is 5.02 Å². The van der Waals surface area contributed by atoms with E-state index in [0.717, 1.165) is 5.02 Å². The van der Waals surface area contributed by atoms with Crippen LogP contribution in [-0.4, -0.2) is 13.1 Å². The van der Waals surface area contributed by atoms with Crippen LogP contribution < -0.4 is 5.32 Å². The minimum atomic E-state index is 0.374. The third-order valence-corrected chi connectivity index (χ3v) is 4.66. The number of nitrogens with one attached hydrogen (secondary N) is 1. The molecule has 1 saturated carbocycles. The summed E-state index contributed by atoms with van der Waals surface area (Å²) in [6.45, 7) is 4.66. The van der Waals surface area contributed by atoms with Crippen LogP contribution in [0.15, 0.2) is 24.3 Å². The molecule has 1 N–H and O–H groups in total. The molecule has 0 amide bonds. The molecular formula is C14H20ClN. The molecule has 1 aliphatic carbocycles. The zero-order valence-corrected chi connectivity index (χ0v) is 11.0. The van der Waals surface area contributed by atoms with Gasteiger partial charge in [-0.1, -0.05) is 37.6 Å². The van der Waals surface area contributed by atoms with Gasteiger partial charge in [-0.3, -0.25) is 0 Å². The molecule has 1 aliphatic rings. The smallest absolute Gasteiger partial charge is 0.0408 e. The van der Waals surface area contributed by atoms with Crippen molar-refractivity contribution < 1.29 is 0 Å². The van der Waals surface area contributed by atoms with E-state index in [4.69, 9.17) is 11.6 Å². The van der Waals surface area contributed by atoms with Gasteiger partial charge in [0, 0.05) is 11.1 Å². The lowest BCUT2D eigenvalue weighted by molar-refractivity contribution is 0.0495. The van der Waals surface area contributed by atoms with Crippen molar-refractivity contribution >= 4 is 11.6 Å². The summed E-state index contributed by atoms with van der Waals surface area (Å²) in [4.78, 5) is 0. The molecular weight excluding hydrogens is 218 g/mol. The molecule has 0 spiro atoms. The fourth-order valence-electron chi connectivity index (χ4n) is 3.04. The summed E-state index contributed by atoms with van der Waals surface area (Å²) in [6, 6.07) is 8.97. The Kier molecular flexibility index (Phi) is 3.27. The summed E-state index contributed by atoms with van der Waals surface area (Å²) in [5.74, 6) is 0.647. The average Bonchev–Trinajstić information content (AvgIpc) is 2.27. The molecule has 0 radical (unpaired) electrons. The lowest BCUT2D eigenvalue weighted by Gasteiger charge is -2.54. The van der Waals surface area contributed by atoms with Gasteiger partial charge >= 0.3 is 0 Å². The van der Waals surface area contributed by atoms with Crippen LogP contribution in [0.4, 0.5) is 0 Å². The van der Waals surface area contributed by atoms with E-state index in [0.29, 0.717) is 17.4 Å². The van der Waals surface area contributed by atoms with Gasteiger partial charge in [-0.2, -0.15) is 0 Å². The normalized spacial score (nSPS) is 33.5. The predicted octanol–water partition coefficient (Wildman–Crippen LogP) is 3.83. The topological polar surface area (TPSA) is 12.0 Å². The number of benzene rings is 1. The third-order valence-electron chi connectivity index (χ3n) is 4.42. The first-order valence-electron chi connectivity index (χ1n) is 6.04. The van der Waals surface area contributed by atoms with Gasteiger partial charge in [-0.25, -0.2) is 0 Å². The number of rotatable bonds is 3. The van der Waals surface area contributed by atoms with E-state index in [2.05, 4.69) is 44.4 Å². The molecule has 0 aliphatic heterocycles. The largest absolute Gasteiger partial charge is 0.316 e. The molecule has 3 unspecified atom stereocenters. The van der Waals surface area contributed by atoms with E-state index < -0.39 is 0 Å². The van der Waals surface area contributed by atoms with E-state index in [1.807, 2.05) is 6.07 Å². The fourth-order valence-corrected chi connectivity index (χ4v) is 3.24. The lowest BCUT2D eigenvalue weighted by atomic mass is 9.54. The van der Waals surface area contributed by atoms with Crippen LogP contribution in [0, 0.1) is 5.41 Å². The first-order chi connectivity index (χ1) is 7.61.